The van der Waals surface area contributed by atoms with Crippen LogP contribution in [0.15, 0.2) is 18.2 Å². The van der Waals surface area contributed by atoms with Crippen LogP contribution in [-0.2, 0) is 0 Å². The van der Waals surface area contributed by atoms with Gasteiger partial charge >= 0.3 is 0 Å². The van der Waals surface area contributed by atoms with Crippen molar-refractivity contribution in [1.82, 2.24) is 14.5 Å². The zero-order valence-corrected chi connectivity index (χ0v) is 13.8. The molecule has 0 spiro atoms. The van der Waals surface area contributed by atoms with Gasteiger partial charge in [0.1, 0.15) is 0 Å². The zero-order chi connectivity index (χ0) is 14.4. The third-order valence-electron chi connectivity index (χ3n) is 3.39. The van der Waals surface area contributed by atoms with E-state index < -0.39 is 0 Å². The molecule has 0 aliphatic rings. The zero-order valence-electron chi connectivity index (χ0n) is 11.4. The number of nitrogens with one attached hydrogen (secondary N) is 1. The Kier molecular flexibility index (Phi) is 3.44. The van der Waals surface area contributed by atoms with E-state index in [1.807, 2.05) is 32.0 Å². The Bertz CT molecular complexity index is 844. The lowest BCUT2D eigenvalue weighted by molar-refractivity contribution is 0.655. The molecule has 1 aromatic carbocycles. The van der Waals surface area contributed by atoms with E-state index in [1.165, 1.54) is 4.88 Å². The first-order valence-electron chi connectivity index (χ1n) is 6.31. The minimum Gasteiger partial charge on any atom is -0.331 e. The van der Waals surface area contributed by atoms with Gasteiger partial charge in [0.05, 0.1) is 37.7 Å². The van der Waals surface area contributed by atoms with Crippen molar-refractivity contribution in [2.75, 3.05) is 0 Å². The minimum absolute atomic E-state index is 0.113. The van der Waals surface area contributed by atoms with Crippen molar-refractivity contribution in [3.8, 4) is 0 Å². The van der Waals surface area contributed by atoms with E-state index in [4.69, 9.17) is 23.8 Å². The van der Waals surface area contributed by atoms with Gasteiger partial charge in [0.25, 0.3) is 0 Å². The highest BCUT2D eigenvalue weighted by molar-refractivity contribution is 7.71. The van der Waals surface area contributed by atoms with Crippen LogP contribution in [0.1, 0.15) is 28.5 Å². The van der Waals surface area contributed by atoms with Gasteiger partial charge in [-0.1, -0.05) is 17.7 Å². The van der Waals surface area contributed by atoms with Crippen LogP contribution < -0.4 is 0 Å². The Morgan fingerprint density at radius 1 is 1.40 bits per heavy atom. The summed E-state index contributed by atoms with van der Waals surface area (Å²) in [6.45, 7) is 6.19. The molecule has 1 atom stereocenters. The van der Waals surface area contributed by atoms with Gasteiger partial charge in [0.2, 0.25) is 0 Å². The van der Waals surface area contributed by atoms with Crippen LogP contribution in [0.5, 0.6) is 0 Å². The topological polar surface area (TPSA) is 33.6 Å². The molecule has 2 heterocycles. The minimum atomic E-state index is 0.113. The first-order chi connectivity index (χ1) is 9.49. The highest BCUT2D eigenvalue weighted by atomic mass is 35.5. The van der Waals surface area contributed by atoms with E-state index in [2.05, 4.69) is 21.5 Å². The summed E-state index contributed by atoms with van der Waals surface area (Å²) >= 11 is 13.5. The molecule has 0 fully saturated rings. The molecule has 20 heavy (non-hydrogen) atoms. The number of aryl methyl sites for hydroxylation is 2. The number of halogens is 1. The predicted octanol–water partition coefficient (Wildman–Crippen LogP) is 5.03. The molecule has 0 aliphatic heterocycles. The fraction of sp³-hybridized carbons (Fsp3) is 0.286. The maximum absolute atomic E-state index is 6.35. The van der Waals surface area contributed by atoms with Crippen LogP contribution in [0.25, 0.3) is 11.0 Å². The molecule has 0 aliphatic carbocycles. The number of thiazole rings is 1. The maximum atomic E-state index is 6.35. The number of nitrogens with zero attached hydrogens (tertiary/aromatic N) is 2. The van der Waals surface area contributed by atoms with Crippen LogP contribution in [0.2, 0.25) is 5.02 Å². The molecule has 1 unspecified atom stereocenters. The number of benzene rings is 1. The molecule has 3 aromatic rings. The third kappa shape index (κ3) is 2.10. The van der Waals surface area contributed by atoms with E-state index in [0.717, 1.165) is 21.7 Å². The molecule has 0 saturated heterocycles. The number of H-pyrrole nitrogens is 1. The summed E-state index contributed by atoms with van der Waals surface area (Å²) in [6, 6.07) is 5.92. The van der Waals surface area contributed by atoms with Gasteiger partial charge in [-0.15, -0.1) is 11.3 Å². The van der Waals surface area contributed by atoms with Crippen molar-refractivity contribution in [3.63, 3.8) is 0 Å². The molecular formula is C14H14ClN3S2. The summed E-state index contributed by atoms with van der Waals surface area (Å²) in [6.07, 6.45) is 0. The fourth-order valence-electron chi connectivity index (χ4n) is 2.56. The lowest BCUT2D eigenvalue weighted by Crippen LogP contribution is -2.06. The van der Waals surface area contributed by atoms with Crippen molar-refractivity contribution in [1.29, 1.82) is 0 Å². The van der Waals surface area contributed by atoms with Gasteiger partial charge in [-0.3, -0.25) is 0 Å². The Balaban J connectivity index is 2.27. The van der Waals surface area contributed by atoms with Crippen molar-refractivity contribution in [2.45, 2.75) is 26.8 Å². The highest BCUT2D eigenvalue weighted by Crippen LogP contribution is 2.33. The van der Waals surface area contributed by atoms with Gasteiger partial charge in [0.15, 0.2) is 4.77 Å². The third-order valence-corrected chi connectivity index (χ3v) is 5.24. The van der Waals surface area contributed by atoms with Crippen molar-refractivity contribution in [3.05, 3.63) is 43.6 Å². The number of rotatable bonds is 2. The quantitative estimate of drug-likeness (QED) is 0.671. The molecule has 1 N–H and O–H groups in total. The molecule has 0 saturated carbocycles. The molecule has 104 valence electrons. The monoisotopic (exact) mass is 323 g/mol. The average Bonchev–Trinajstić information content (AvgIpc) is 2.89. The summed E-state index contributed by atoms with van der Waals surface area (Å²) in [5.41, 5.74) is 2.98. The van der Waals surface area contributed by atoms with Crippen LogP contribution in [0, 0.1) is 18.6 Å². The lowest BCUT2D eigenvalue weighted by Gasteiger charge is -2.14. The molecule has 0 amide bonds. The number of hydrogen-bond donors (Lipinski definition) is 1. The first-order valence-corrected chi connectivity index (χ1v) is 7.92. The molecule has 3 nitrogen and oxygen atoms in total. The normalized spacial score (nSPS) is 13.0. The van der Waals surface area contributed by atoms with Crippen molar-refractivity contribution < 1.29 is 0 Å². The number of imidazole rings is 1. The van der Waals surface area contributed by atoms with E-state index in [1.54, 1.807) is 11.3 Å². The van der Waals surface area contributed by atoms with E-state index in [9.17, 15) is 0 Å². The number of para-hydroxylation sites is 1. The van der Waals surface area contributed by atoms with E-state index in [0.29, 0.717) is 9.79 Å². The van der Waals surface area contributed by atoms with Gasteiger partial charge in [-0.2, -0.15) is 0 Å². The fourth-order valence-corrected chi connectivity index (χ4v) is 4.15. The van der Waals surface area contributed by atoms with Crippen LogP contribution in [0.4, 0.5) is 0 Å². The Labute approximate surface area is 131 Å². The molecule has 3 rings (SSSR count). The standard InChI is InChI=1S/C14H14ClN3S2/c1-7-13(20-9(3)16-7)8(2)18-12-10(15)5-4-6-11(12)17-14(18)19/h4-6,8H,1-3H3,(H,17,19). The first kappa shape index (κ1) is 13.8. The molecule has 2 aromatic heterocycles. The van der Waals surface area contributed by atoms with Gasteiger partial charge < -0.3 is 9.55 Å². The van der Waals surface area contributed by atoms with Gasteiger partial charge in [-0.25, -0.2) is 4.98 Å². The summed E-state index contributed by atoms with van der Waals surface area (Å²) in [5.74, 6) is 0. The smallest absolute Gasteiger partial charge is 0.178 e. The summed E-state index contributed by atoms with van der Waals surface area (Å²) in [7, 11) is 0. The largest absolute Gasteiger partial charge is 0.331 e. The second-order valence-corrected chi connectivity index (χ2v) is 6.82. The molecular weight excluding hydrogens is 310 g/mol. The number of aromatic amines is 1. The Hall–Kier alpha value is -1.17. The predicted molar refractivity (Wildman–Crippen MR) is 87.5 cm³/mol. The maximum Gasteiger partial charge on any atom is 0.178 e. The van der Waals surface area contributed by atoms with Crippen molar-refractivity contribution >= 4 is 46.2 Å². The Morgan fingerprint density at radius 2 is 2.15 bits per heavy atom. The SMILES string of the molecule is Cc1nc(C)c(C(C)n2c(=S)[nH]c3cccc(Cl)c32)s1. The molecule has 0 radical (unpaired) electrons. The average molecular weight is 324 g/mol. The van der Waals surface area contributed by atoms with Crippen molar-refractivity contribution in [2.24, 2.45) is 0 Å². The number of fused-ring (bicyclic) bond motifs is 1. The van der Waals surface area contributed by atoms with Crippen LogP contribution in [0.3, 0.4) is 0 Å². The molecule has 6 heteroatoms. The Morgan fingerprint density at radius 3 is 2.80 bits per heavy atom. The second-order valence-electron chi connectivity index (χ2n) is 4.79. The highest BCUT2D eigenvalue weighted by Gasteiger charge is 2.19. The summed E-state index contributed by atoms with van der Waals surface area (Å²) < 4.78 is 2.76. The van der Waals surface area contributed by atoms with Crippen LogP contribution >= 0.6 is 35.2 Å². The van der Waals surface area contributed by atoms with Crippen LogP contribution in [-0.4, -0.2) is 14.5 Å². The number of hydrogen-bond acceptors (Lipinski definition) is 3. The van der Waals surface area contributed by atoms with E-state index >= 15 is 0 Å². The summed E-state index contributed by atoms with van der Waals surface area (Å²) in [5, 5.41) is 1.78. The lowest BCUT2D eigenvalue weighted by atomic mass is 10.2. The van der Waals surface area contributed by atoms with Gasteiger partial charge in [0, 0.05) is 0 Å². The molecule has 0 bridgehead atoms. The van der Waals surface area contributed by atoms with E-state index in [-0.39, 0.29) is 6.04 Å². The van der Waals surface area contributed by atoms with Gasteiger partial charge in [-0.05, 0) is 45.1 Å². The second kappa shape index (κ2) is 4.98. The summed E-state index contributed by atoms with van der Waals surface area (Å²) in [4.78, 5) is 8.95. The number of aromatic nitrogens is 3.